The summed E-state index contributed by atoms with van der Waals surface area (Å²) < 4.78 is 10.9. The number of hydrogen-bond donors (Lipinski definition) is 2. The fourth-order valence-electron chi connectivity index (χ4n) is 4.20. The SMILES string of the molecule is CC[C@]12CC(OC)=CC=C1[C@H](NC)Cc1ccc(OC)c(O)c12. The molecule has 0 radical (unpaired) electrons. The fourth-order valence-corrected chi connectivity index (χ4v) is 4.20. The van der Waals surface area contributed by atoms with E-state index in [2.05, 4.69) is 30.5 Å². The van der Waals surface area contributed by atoms with Crippen molar-refractivity contribution >= 4 is 0 Å². The molecular formula is C19H25NO3. The summed E-state index contributed by atoms with van der Waals surface area (Å²) in [4.78, 5) is 0. The Hall–Kier alpha value is -1.94. The van der Waals surface area contributed by atoms with E-state index in [1.165, 1.54) is 11.1 Å². The molecule has 0 unspecified atom stereocenters. The molecule has 0 aliphatic heterocycles. The van der Waals surface area contributed by atoms with Gasteiger partial charge < -0.3 is 19.9 Å². The standard InChI is InChI=1S/C19H25NO3/c1-5-19-11-13(22-3)7-8-14(19)15(20-2)10-12-6-9-16(23-4)18(21)17(12)19/h6-9,15,20-21H,5,10-11H2,1-4H3/t15-,19+/m1/s1. The third-order valence-electron chi connectivity index (χ3n) is 5.42. The van der Waals surface area contributed by atoms with Gasteiger partial charge in [-0.05, 0) is 43.2 Å². The summed E-state index contributed by atoms with van der Waals surface area (Å²) in [5.41, 5.74) is 3.25. The van der Waals surface area contributed by atoms with Gasteiger partial charge in [-0.3, -0.25) is 0 Å². The molecule has 4 nitrogen and oxygen atoms in total. The van der Waals surface area contributed by atoms with Crippen molar-refractivity contribution in [2.24, 2.45) is 0 Å². The number of fused-ring (bicyclic) bond motifs is 3. The second-order valence-corrected chi connectivity index (χ2v) is 6.27. The summed E-state index contributed by atoms with van der Waals surface area (Å²) in [6.45, 7) is 2.17. The third kappa shape index (κ3) is 2.24. The molecule has 2 aliphatic rings. The van der Waals surface area contributed by atoms with Crippen LogP contribution < -0.4 is 10.1 Å². The number of nitrogens with one attached hydrogen (secondary N) is 1. The summed E-state index contributed by atoms with van der Waals surface area (Å²) in [7, 11) is 5.30. The maximum atomic E-state index is 10.9. The molecule has 2 aliphatic carbocycles. The van der Waals surface area contributed by atoms with Gasteiger partial charge in [-0.25, -0.2) is 0 Å². The molecule has 1 aromatic carbocycles. The minimum atomic E-state index is -0.250. The lowest BCUT2D eigenvalue weighted by Gasteiger charge is -2.46. The summed E-state index contributed by atoms with van der Waals surface area (Å²) in [6.07, 6.45) is 6.74. The molecule has 23 heavy (non-hydrogen) atoms. The number of aromatic hydroxyl groups is 1. The second kappa shape index (κ2) is 5.93. The molecule has 0 saturated carbocycles. The van der Waals surface area contributed by atoms with Crippen molar-refractivity contribution in [2.45, 2.75) is 37.6 Å². The largest absolute Gasteiger partial charge is 0.504 e. The number of phenols is 1. The van der Waals surface area contributed by atoms with Crippen molar-refractivity contribution in [3.63, 3.8) is 0 Å². The minimum Gasteiger partial charge on any atom is -0.504 e. The lowest BCUT2D eigenvalue weighted by molar-refractivity contribution is 0.239. The lowest BCUT2D eigenvalue weighted by atomic mass is 9.59. The highest BCUT2D eigenvalue weighted by Gasteiger charge is 2.47. The van der Waals surface area contributed by atoms with Gasteiger partial charge in [-0.2, -0.15) is 0 Å². The Bertz CT molecular complexity index is 677. The Balaban J connectivity index is 2.27. The molecule has 4 heteroatoms. The lowest BCUT2D eigenvalue weighted by Crippen LogP contribution is -2.46. The maximum absolute atomic E-state index is 10.9. The van der Waals surface area contributed by atoms with Gasteiger partial charge in [-0.15, -0.1) is 0 Å². The van der Waals surface area contributed by atoms with Crippen molar-refractivity contribution in [3.8, 4) is 11.5 Å². The van der Waals surface area contributed by atoms with Gasteiger partial charge in [0.25, 0.3) is 0 Å². The Morgan fingerprint density at radius 3 is 2.65 bits per heavy atom. The highest BCUT2D eigenvalue weighted by Crippen LogP contribution is 2.54. The monoisotopic (exact) mass is 315 g/mol. The minimum absolute atomic E-state index is 0.250. The molecule has 2 atom stereocenters. The quantitative estimate of drug-likeness (QED) is 0.896. The number of hydrogen-bond acceptors (Lipinski definition) is 4. The van der Waals surface area contributed by atoms with Crippen LogP contribution in [0.15, 0.2) is 35.6 Å². The summed E-state index contributed by atoms with van der Waals surface area (Å²) >= 11 is 0. The van der Waals surface area contributed by atoms with Crippen LogP contribution in [0.5, 0.6) is 11.5 Å². The molecule has 0 amide bonds. The first-order valence-electron chi connectivity index (χ1n) is 8.13. The molecule has 0 spiro atoms. The van der Waals surface area contributed by atoms with E-state index < -0.39 is 0 Å². The number of ether oxygens (including phenoxy) is 2. The molecule has 124 valence electrons. The average Bonchev–Trinajstić information content (AvgIpc) is 2.60. The van der Waals surface area contributed by atoms with Crippen molar-refractivity contribution in [1.82, 2.24) is 5.32 Å². The van der Waals surface area contributed by atoms with Crippen molar-refractivity contribution < 1.29 is 14.6 Å². The van der Waals surface area contributed by atoms with Crippen LogP contribution in [-0.4, -0.2) is 32.4 Å². The first kappa shape index (κ1) is 15.9. The second-order valence-electron chi connectivity index (χ2n) is 6.27. The van der Waals surface area contributed by atoms with Gasteiger partial charge in [0.1, 0.15) is 0 Å². The molecule has 0 saturated heterocycles. The van der Waals surface area contributed by atoms with Gasteiger partial charge in [-0.1, -0.05) is 19.1 Å². The average molecular weight is 315 g/mol. The van der Waals surface area contributed by atoms with E-state index in [1.54, 1.807) is 14.2 Å². The smallest absolute Gasteiger partial charge is 0.162 e. The van der Waals surface area contributed by atoms with E-state index in [4.69, 9.17) is 9.47 Å². The first-order valence-corrected chi connectivity index (χ1v) is 8.13. The highest BCUT2D eigenvalue weighted by molar-refractivity contribution is 5.61. The molecule has 0 heterocycles. The molecular weight excluding hydrogens is 290 g/mol. The van der Waals surface area contributed by atoms with Crippen molar-refractivity contribution in [2.75, 3.05) is 21.3 Å². The van der Waals surface area contributed by atoms with Crippen LogP contribution in [0.1, 0.15) is 30.9 Å². The van der Waals surface area contributed by atoms with E-state index in [0.29, 0.717) is 5.75 Å². The number of likely N-dealkylation sites (N-methyl/N-ethyl adjacent to an activating group) is 1. The van der Waals surface area contributed by atoms with Crippen molar-refractivity contribution in [3.05, 3.63) is 46.7 Å². The number of phenolic OH excluding ortho intramolecular Hbond substituents is 1. The number of allylic oxidation sites excluding steroid dienone is 3. The molecule has 2 N–H and O–H groups in total. The molecule has 1 aromatic rings. The van der Waals surface area contributed by atoms with Gasteiger partial charge in [0.05, 0.1) is 20.0 Å². The van der Waals surface area contributed by atoms with Gasteiger partial charge in [0.15, 0.2) is 11.5 Å². The van der Waals surface area contributed by atoms with E-state index in [-0.39, 0.29) is 17.2 Å². The van der Waals surface area contributed by atoms with Crippen LogP contribution in [0.2, 0.25) is 0 Å². The van der Waals surface area contributed by atoms with E-state index in [1.807, 2.05) is 13.1 Å². The Labute approximate surface area is 137 Å². The predicted octanol–water partition coefficient (Wildman–Crippen LogP) is 3.05. The van der Waals surface area contributed by atoms with Crippen molar-refractivity contribution in [1.29, 1.82) is 0 Å². The third-order valence-corrected chi connectivity index (χ3v) is 5.42. The highest BCUT2D eigenvalue weighted by atomic mass is 16.5. The number of methoxy groups -OCH3 is 2. The van der Waals surface area contributed by atoms with Crippen LogP contribution >= 0.6 is 0 Å². The molecule has 0 fully saturated rings. The van der Waals surface area contributed by atoms with Crippen LogP contribution in [-0.2, 0) is 16.6 Å². The van der Waals surface area contributed by atoms with Gasteiger partial charge >= 0.3 is 0 Å². The summed E-state index contributed by atoms with van der Waals surface area (Å²) in [5.74, 6) is 1.75. The van der Waals surface area contributed by atoms with E-state index in [0.717, 1.165) is 30.6 Å². The summed E-state index contributed by atoms with van der Waals surface area (Å²) in [5, 5.41) is 14.3. The molecule has 0 bridgehead atoms. The van der Waals surface area contributed by atoms with Crippen LogP contribution in [0.25, 0.3) is 0 Å². The van der Waals surface area contributed by atoms with Gasteiger partial charge in [0.2, 0.25) is 0 Å². The van der Waals surface area contributed by atoms with E-state index >= 15 is 0 Å². The normalized spacial score (nSPS) is 25.8. The van der Waals surface area contributed by atoms with Crippen LogP contribution in [0, 0.1) is 0 Å². The zero-order valence-electron chi connectivity index (χ0n) is 14.3. The fraction of sp³-hybridized carbons (Fsp3) is 0.474. The predicted molar refractivity (Wildman–Crippen MR) is 91.0 cm³/mol. The zero-order chi connectivity index (χ0) is 16.6. The first-order chi connectivity index (χ1) is 11.1. The number of benzene rings is 1. The van der Waals surface area contributed by atoms with E-state index in [9.17, 15) is 5.11 Å². The maximum Gasteiger partial charge on any atom is 0.162 e. The van der Waals surface area contributed by atoms with Gasteiger partial charge in [0, 0.05) is 23.4 Å². The van der Waals surface area contributed by atoms with Crippen LogP contribution in [0.3, 0.4) is 0 Å². The topological polar surface area (TPSA) is 50.7 Å². The molecule has 3 rings (SSSR count). The Kier molecular flexibility index (Phi) is 4.11. The number of rotatable bonds is 4. The summed E-state index contributed by atoms with van der Waals surface area (Å²) in [6, 6.07) is 4.20. The van der Waals surface area contributed by atoms with Crippen LogP contribution in [0.4, 0.5) is 0 Å². The molecule has 0 aromatic heterocycles. The Morgan fingerprint density at radius 2 is 2.04 bits per heavy atom. The Morgan fingerprint density at radius 1 is 1.26 bits per heavy atom. The zero-order valence-corrected chi connectivity index (χ0v) is 14.3.